The molecule has 0 saturated carbocycles. The van der Waals surface area contributed by atoms with E-state index in [1.807, 2.05) is 60.7 Å². The highest BCUT2D eigenvalue weighted by Gasteiger charge is 2.10. The maximum atomic E-state index is 12.1. The molecule has 0 atom stereocenters. The smallest absolute Gasteiger partial charge is 0.230 e. The Labute approximate surface area is 192 Å². The molecule has 6 heteroatoms. The summed E-state index contributed by atoms with van der Waals surface area (Å²) in [4.78, 5) is 16.8. The van der Waals surface area contributed by atoms with Gasteiger partial charge in [0, 0.05) is 12.1 Å². The number of rotatable bonds is 6. The monoisotopic (exact) mass is 443 g/mol. The molecular formula is C26H25N3O2S. The Balaban J connectivity index is 1.33. The van der Waals surface area contributed by atoms with E-state index < -0.39 is 0 Å². The summed E-state index contributed by atoms with van der Waals surface area (Å²) in [5, 5.41) is 6.04. The van der Waals surface area contributed by atoms with Crippen LogP contribution in [0, 0.1) is 0 Å². The largest absolute Gasteiger partial charge is 0.440 e. The Kier molecular flexibility index (Phi) is 6.61. The molecule has 0 bridgehead atoms. The number of nitrogens with one attached hydrogen (secondary N) is 2. The van der Waals surface area contributed by atoms with Gasteiger partial charge in [0.05, 0.1) is 6.42 Å². The van der Waals surface area contributed by atoms with Crippen molar-refractivity contribution >= 4 is 40.0 Å². The van der Waals surface area contributed by atoms with Crippen molar-refractivity contribution in [2.45, 2.75) is 32.6 Å². The molecule has 0 unspecified atom stereocenters. The zero-order valence-electron chi connectivity index (χ0n) is 18.1. The summed E-state index contributed by atoms with van der Waals surface area (Å²) in [5.74, 6) is 0.987. The van der Waals surface area contributed by atoms with Gasteiger partial charge in [-0.2, -0.15) is 0 Å². The van der Waals surface area contributed by atoms with Crippen LogP contribution in [0.4, 0.5) is 5.69 Å². The summed E-state index contributed by atoms with van der Waals surface area (Å²) in [7, 11) is 0. The number of benzene rings is 3. The van der Waals surface area contributed by atoms with Gasteiger partial charge in [0.1, 0.15) is 5.52 Å². The Morgan fingerprint density at radius 1 is 1.00 bits per heavy atom. The first-order chi connectivity index (χ1) is 15.5. The Morgan fingerprint density at radius 2 is 1.75 bits per heavy atom. The van der Waals surface area contributed by atoms with Gasteiger partial charge in [-0.1, -0.05) is 62.4 Å². The number of aromatic nitrogens is 1. The van der Waals surface area contributed by atoms with E-state index in [0.29, 0.717) is 18.2 Å². The number of carbonyl (C=O) groups is 1. The van der Waals surface area contributed by atoms with Crippen LogP contribution in [0.3, 0.4) is 0 Å². The van der Waals surface area contributed by atoms with Gasteiger partial charge in [-0.25, -0.2) is 4.98 Å². The number of fused-ring (bicyclic) bond motifs is 1. The van der Waals surface area contributed by atoms with E-state index in [-0.39, 0.29) is 17.4 Å². The third-order valence-electron chi connectivity index (χ3n) is 5.15. The third kappa shape index (κ3) is 5.59. The highest BCUT2D eigenvalue weighted by Crippen LogP contribution is 2.23. The second kappa shape index (κ2) is 9.75. The molecule has 0 aliphatic rings. The van der Waals surface area contributed by atoms with Crippen molar-refractivity contribution in [2.24, 2.45) is 0 Å². The second-order valence-corrected chi connectivity index (χ2v) is 8.44. The number of oxazole rings is 1. The van der Waals surface area contributed by atoms with E-state index >= 15 is 0 Å². The lowest BCUT2D eigenvalue weighted by Crippen LogP contribution is -2.35. The molecule has 3 aromatic carbocycles. The highest BCUT2D eigenvalue weighted by atomic mass is 32.1. The van der Waals surface area contributed by atoms with E-state index in [1.165, 1.54) is 5.56 Å². The van der Waals surface area contributed by atoms with Crippen LogP contribution in [0.15, 0.2) is 77.2 Å². The van der Waals surface area contributed by atoms with Crippen molar-refractivity contribution in [1.29, 1.82) is 0 Å². The van der Waals surface area contributed by atoms with E-state index in [4.69, 9.17) is 16.6 Å². The quantitative estimate of drug-likeness (QED) is 0.380. The molecule has 2 N–H and O–H groups in total. The molecule has 1 heterocycles. The Hall–Kier alpha value is -3.51. The average Bonchev–Trinajstić information content (AvgIpc) is 3.17. The second-order valence-electron chi connectivity index (χ2n) is 8.03. The van der Waals surface area contributed by atoms with Crippen LogP contribution in [0.2, 0.25) is 0 Å². The minimum Gasteiger partial charge on any atom is -0.440 e. The number of anilines is 1. The lowest BCUT2D eigenvalue weighted by atomic mass is 10.0. The molecule has 162 valence electrons. The summed E-state index contributed by atoms with van der Waals surface area (Å²) in [6.45, 7) is 4.33. The molecule has 32 heavy (non-hydrogen) atoms. The molecular weight excluding hydrogens is 418 g/mol. The number of nitrogens with zero attached hydrogens (tertiary/aromatic N) is 1. The van der Waals surface area contributed by atoms with Crippen LogP contribution in [0.25, 0.3) is 11.1 Å². The fourth-order valence-corrected chi connectivity index (χ4v) is 3.65. The van der Waals surface area contributed by atoms with Gasteiger partial charge in [0.15, 0.2) is 16.6 Å². The van der Waals surface area contributed by atoms with Gasteiger partial charge in [-0.05, 0) is 59.1 Å². The van der Waals surface area contributed by atoms with E-state index in [9.17, 15) is 4.79 Å². The predicted octanol–water partition coefficient (Wildman–Crippen LogP) is 5.60. The van der Waals surface area contributed by atoms with Crippen LogP contribution in [0.5, 0.6) is 0 Å². The average molecular weight is 444 g/mol. The van der Waals surface area contributed by atoms with E-state index in [0.717, 1.165) is 27.9 Å². The maximum Gasteiger partial charge on any atom is 0.230 e. The summed E-state index contributed by atoms with van der Waals surface area (Å²) in [6, 6.07) is 23.5. The molecule has 0 aliphatic heterocycles. The molecule has 1 aromatic heterocycles. The lowest BCUT2D eigenvalue weighted by molar-refractivity contribution is -0.119. The van der Waals surface area contributed by atoms with Gasteiger partial charge in [-0.15, -0.1) is 0 Å². The van der Waals surface area contributed by atoms with Crippen molar-refractivity contribution in [2.75, 3.05) is 5.32 Å². The number of carbonyl (C=O) groups excluding carboxylic acids is 1. The zero-order chi connectivity index (χ0) is 22.5. The molecule has 0 aliphatic carbocycles. The van der Waals surface area contributed by atoms with Crippen molar-refractivity contribution in [1.82, 2.24) is 10.3 Å². The number of hydrogen-bond acceptors (Lipinski definition) is 4. The van der Waals surface area contributed by atoms with Crippen molar-refractivity contribution in [3.8, 4) is 0 Å². The van der Waals surface area contributed by atoms with Gasteiger partial charge in [-0.3, -0.25) is 4.79 Å². The first kappa shape index (κ1) is 21.7. The van der Waals surface area contributed by atoms with Crippen LogP contribution < -0.4 is 10.6 Å². The SMILES string of the molecule is CC(C)c1ccc2oc(Cc3ccc(NC(=S)NC(=O)Cc4ccccc4)cc3)nc2c1. The summed E-state index contributed by atoms with van der Waals surface area (Å²) in [6.07, 6.45) is 0.884. The lowest BCUT2D eigenvalue weighted by Gasteiger charge is -2.10. The fraction of sp³-hybridized carbons (Fsp3) is 0.192. The van der Waals surface area contributed by atoms with Crippen LogP contribution in [-0.4, -0.2) is 16.0 Å². The van der Waals surface area contributed by atoms with Crippen molar-refractivity contribution in [3.05, 3.63) is 95.4 Å². The standard InChI is InChI=1S/C26H25N3O2S/c1-17(2)20-10-13-23-22(16-20)28-25(31-23)15-19-8-11-21(12-9-19)27-26(32)29-24(30)14-18-6-4-3-5-7-18/h3-13,16-17H,14-15H2,1-2H3,(H2,27,29,30,32). The summed E-state index contributed by atoms with van der Waals surface area (Å²) < 4.78 is 5.90. The Morgan fingerprint density at radius 3 is 2.47 bits per heavy atom. The van der Waals surface area contributed by atoms with Crippen molar-refractivity contribution < 1.29 is 9.21 Å². The van der Waals surface area contributed by atoms with Gasteiger partial charge >= 0.3 is 0 Å². The summed E-state index contributed by atoms with van der Waals surface area (Å²) in [5.41, 5.74) is 5.76. The number of thiocarbonyl (C=S) groups is 1. The molecule has 5 nitrogen and oxygen atoms in total. The van der Waals surface area contributed by atoms with Gasteiger partial charge in [0.2, 0.25) is 5.91 Å². The minimum atomic E-state index is -0.151. The third-order valence-corrected chi connectivity index (χ3v) is 5.35. The molecule has 0 spiro atoms. The molecule has 0 saturated heterocycles. The molecule has 4 rings (SSSR count). The predicted molar refractivity (Wildman–Crippen MR) is 132 cm³/mol. The van der Waals surface area contributed by atoms with Gasteiger partial charge < -0.3 is 15.1 Å². The highest BCUT2D eigenvalue weighted by molar-refractivity contribution is 7.80. The molecule has 0 radical (unpaired) electrons. The number of hydrogen-bond donors (Lipinski definition) is 2. The van der Waals surface area contributed by atoms with Crippen LogP contribution in [-0.2, 0) is 17.6 Å². The molecule has 0 fully saturated rings. The minimum absolute atomic E-state index is 0.151. The first-order valence-corrected chi connectivity index (χ1v) is 11.0. The normalized spacial score (nSPS) is 11.0. The first-order valence-electron chi connectivity index (χ1n) is 10.6. The fourth-order valence-electron chi connectivity index (χ4n) is 3.42. The Bertz CT molecular complexity index is 1230. The zero-order valence-corrected chi connectivity index (χ0v) is 18.9. The van der Waals surface area contributed by atoms with Crippen LogP contribution >= 0.6 is 12.2 Å². The number of amides is 1. The van der Waals surface area contributed by atoms with E-state index in [2.05, 4.69) is 41.6 Å². The molecule has 1 amide bonds. The maximum absolute atomic E-state index is 12.1. The van der Waals surface area contributed by atoms with Crippen LogP contribution in [0.1, 0.15) is 42.3 Å². The topological polar surface area (TPSA) is 67.2 Å². The van der Waals surface area contributed by atoms with E-state index in [1.54, 1.807) is 0 Å². The van der Waals surface area contributed by atoms with Crippen molar-refractivity contribution in [3.63, 3.8) is 0 Å². The van der Waals surface area contributed by atoms with Gasteiger partial charge in [0.25, 0.3) is 0 Å². The summed E-state index contributed by atoms with van der Waals surface area (Å²) >= 11 is 5.26. The molecule has 4 aromatic rings.